The summed E-state index contributed by atoms with van der Waals surface area (Å²) in [6.45, 7) is 5.02. The molecule has 0 saturated carbocycles. The lowest BCUT2D eigenvalue weighted by molar-refractivity contribution is -0.144. The Morgan fingerprint density at radius 2 is 1.81 bits per heavy atom. The number of nitrogens with zero attached hydrogens (tertiary/aromatic N) is 4. The molecule has 2 atom stereocenters. The zero-order chi connectivity index (χ0) is 25.5. The maximum atomic E-state index is 13.3. The number of benzene rings is 1. The Balaban J connectivity index is 1.51. The van der Waals surface area contributed by atoms with E-state index in [0.29, 0.717) is 31.9 Å². The minimum absolute atomic E-state index is 0.0160. The average Bonchev–Trinajstić information content (AvgIpc) is 2.88. The standard InChI is InChI=1S/C27H38N4O5/c1-28-11-13-29(14-12-28)25(32)16-21-9-10-30-17-22(21)7-5-15-36-24-8-4-3-6-23(24)18-31(19-26(30)33)27(34)20-35-2/h3-8,21-22H,9-20H2,1-2H3/b7-5-/t21-,22-/m0/s1. The molecule has 3 aliphatic rings. The number of rotatable bonds is 4. The summed E-state index contributed by atoms with van der Waals surface area (Å²) in [7, 11) is 3.55. The predicted molar refractivity (Wildman–Crippen MR) is 135 cm³/mol. The summed E-state index contributed by atoms with van der Waals surface area (Å²) in [5.74, 6) is 0.792. The highest BCUT2D eigenvalue weighted by molar-refractivity contribution is 5.85. The minimum Gasteiger partial charge on any atom is -0.489 e. The summed E-state index contributed by atoms with van der Waals surface area (Å²) in [5, 5.41) is 0. The molecule has 9 heteroatoms. The van der Waals surface area contributed by atoms with Gasteiger partial charge in [0.05, 0.1) is 0 Å². The maximum Gasteiger partial charge on any atom is 0.249 e. The molecule has 1 aromatic rings. The van der Waals surface area contributed by atoms with E-state index in [1.165, 1.54) is 12.0 Å². The number of piperazine rings is 1. The van der Waals surface area contributed by atoms with Gasteiger partial charge in [0.15, 0.2) is 0 Å². The van der Waals surface area contributed by atoms with Crippen molar-refractivity contribution in [2.24, 2.45) is 11.8 Å². The lowest BCUT2D eigenvalue weighted by atomic mass is 9.82. The van der Waals surface area contributed by atoms with Crippen molar-refractivity contribution in [3.05, 3.63) is 42.0 Å². The van der Waals surface area contributed by atoms with Crippen LogP contribution < -0.4 is 4.74 Å². The maximum absolute atomic E-state index is 13.3. The molecule has 1 aromatic carbocycles. The van der Waals surface area contributed by atoms with Crippen molar-refractivity contribution < 1.29 is 23.9 Å². The number of likely N-dealkylation sites (N-methyl/N-ethyl adjacent to an activating group) is 1. The zero-order valence-corrected chi connectivity index (χ0v) is 21.4. The molecule has 4 rings (SSSR count). The highest BCUT2D eigenvalue weighted by Crippen LogP contribution is 2.29. The summed E-state index contributed by atoms with van der Waals surface area (Å²) in [5.41, 5.74) is 0.844. The summed E-state index contributed by atoms with van der Waals surface area (Å²) < 4.78 is 11.1. The summed E-state index contributed by atoms with van der Waals surface area (Å²) >= 11 is 0. The first-order chi connectivity index (χ1) is 17.4. The lowest BCUT2D eigenvalue weighted by Crippen LogP contribution is -2.50. The van der Waals surface area contributed by atoms with Gasteiger partial charge in [0.25, 0.3) is 0 Å². The molecule has 2 fully saturated rings. The Kier molecular flexibility index (Phi) is 8.98. The molecule has 0 unspecified atom stereocenters. The molecule has 196 valence electrons. The van der Waals surface area contributed by atoms with E-state index in [1.807, 2.05) is 40.1 Å². The number of para-hydroxylation sites is 1. The molecule has 0 radical (unpaired) electrons. The molecule has 9 nitrogen and oxygen atoms in total. The number of piperidine rings is 1. The molecule has 0 aliphatic carbocycles. The van der Waals surface area contributed by atoms with Gasteiger partial charge in [0.2, 0.25) is 17.7 Å². The van der Waals surface area contributed by atoms with Gasteiger partial charge in [-0.15, -0.1) is 0 Å². The smallest absolute Gasteiger partial charge is 0.249 e. The number of ether oxygens (including phenoxy) is 2. The van der Waals surface area contributed by atoms with Crippen LogP contribution in [0.2, 0.25) is 0 Å². The van der Waals surface area contributed by atoms with Crippen LogP contribution in [0.3, 0.4) is 0 Å². The van der Waals surface area contributed by atoms with Crippen molar-refractivity contribution in [1.29, 1.82) is 0 Å². The topological polar surface area (TPSA) is 82.6 Å². The van der Waals surface area contributed by atoms with Crippen LogP contribution in [0.25, 0.3) is 0 Å². The van der Waals surface area contributed by atoms with Gasteiger partial charge < -0.3 is 29.1 Å². The molecule has 0 spiro atoms. The molecule has 3 heterocycles. The van der Waals surface area contributed by atoms with E-state index < -0.39 is 0 Å². The molecular formula is C27H38N4O5. The summed E-state index contributed by atoms with van der Waals surface area (Å²) in [4.78, 5) is 46.8. The van der Waals surface area contributed by atoms with Crippen LogP contribution in [0, 0.1) is 11.8 Å². The van der Waals surface area contributed by atoms with Crippen molar-refractivity contribution >= 4 is 17.7 Å². The van der Waals surface area contributed by atoms with Crippen LogP contribution in [0.5, 0.6) is 5.75 Å². The van der Waals surface area contributed by atoms with E-state index in [1.54, 1.807) is 0 Å². The third-order valence-electron chi connectivity index (χ3n) is 7.45. The SMILES string of the molecule is COCC(=O)N1CC(=O)N2CC[C@@H](CC(=O)N3CCN(C)CC3)[C@@H](/C=C\COc3ccccc3C1)C2. The number of hydrogen-bond acceptors (Lipinski definition) is 6. The van der Waals surface area contributed by atoms with Crippen LogP contribution in [-0.4, -0.2) is 111 Å². The van der Waals surface area contributed by atoms with E-state index in [-0.39, 0.29) is 49.3 Å². The third-order valence-corrected chi connectivity index (χ3v) is 7.45. The van der Waals surface area contributed by atoms with Crippen molar-refractivity contribution in [3.63, 3.8) is 0 Å². The molecule has 3 aliphatic heterocycles. The second kappa shape index (κ2) is 12.4. The van der Waals surface area contributed by atoms with E-state index >= 15 is 0 Å². The summed E-state index contributed by atoms with van der Waals surface area (Å²) in [6, 6.07) is 7.58. The first-order valence-corrected chi connectivity index (χ1v) is 12.8. The number of amides is 3. The van der Waals surface area contributed by atoms with Gasteiger partial charge in [-0.1, -0.05) is 30.4 Å². The second-order valence-corrected chi connectivity index (χ2v) is 9.97. The van der Waals surface area contributed by atoms with Gasteiger partial charge in [-0.3, -0.25) is 14.4 Å². The van der Waals surface area contributed by atoms with E-state index in [2.05, 4.69) is 18.0 Å². The van der Waals surface area contributed by atoms with Crippen molar-refractivity contribution in [2.45, 2.75) is 19.4 Å². The molecule has 3 amide bonds. The predicted octanol–water partition coefficient (Wildman–Crippen LogP) is 1.24. The molecule has 2 bridgehead atoms. The number of carbonyl (C=O) groups is 3. The average molecular weight is 499 g/mol. The van der Waals surface area contributed by atoms with Gasteiger partial charge in [0, 0.05) is 64.9 Å². The largest absolute Gasteiger partial charge is 0.489 e. The van der Waals surface area contributed by atoms with Crippen LogP contribution in [0.1, 0.15) is 18.4 Å². The van der Waals surface area contributed by atoms with E-state index in [4.69, 9.17) is 9.47 Å². The third kappa shape index (κ3) is 6.64. The highest BCUT2D eigenvalue weighted by Gasteiger charge is 2.34. The highest BCUT2D eigenvalue weighted by atomic mass is 16.5. The van der Waals surface area contributed by atoms with Gasteiger partial charge in [-0.25, -0.2) is 0 Å². The fraction of sp³-hybridized carbons (Fsp3) is 0.593. The van der Waals surface area contributed by atoms with Gasteiger partial charge in [0.1, 0.15) is 25.5 Å². The second-order valence-electron chi connectivity index (χ2n) is 9.97. The van der Waals surface area contributed by atoms with Crippen LogP contribution in [0.15, 0.2) is 36.4 Å². The molecule has 2 saturated heterocycles. The van der Waals surface area contributed by atoms with Crippen molar-refractivity contribution in [1.82, 2.24) is 19.6 Å². The molecular weight excluding hydrogens is 460 g/mol. The Bertz CT molecular complexity index is 959. The number of hydrogen-bond donors (Lipinski definition) is 0. The van der Waals surface area contributed by atoms with Gasteiger partial charge in [-0.2, -0.15) is 0 Å². The van der Waals surface area contributed by atoms with E-state index in [0.717, 1.165) is 38.2 Å². The Hall–Kier alpha value is -2.91. The molecule has 0 aromatic heterocycles. The molecule has 36 heavy (non-hydrogen) atoms. The Morgan fingerprint density at radius 1 is 1.03 bits per heavy atom. The first-order valence-electron chi connectivity index (χ1n) is 12.8. The number of fused-ring (bicyclic) bond motifs is 3. The van der Waals surface area contributed by atoms with Crippen molar-refractivity contribution in [2.75, 3.05) is 73.2 Å². The van der Waals surface area contributed by atoms with Crippen molar-refractivity contribution in [3.8, 4) is 5.75 Å². The van der Waals surface area contributed by atoms with Gasteiger partial charge in [-0.05, 0) is 31.4 Å². The monoisotopic (exact) mass is 498 g/mol. The normalized spacial score (nSPS) is 24.6. The number of carbonyl (C=O) groups excluding carboxylic acids is 3. The summed E-state index contributed by atoms with van der Waals surface area (Å²) in [6.07, 6.45) is 5.35. The fourth-order valence-electron chi connectivity index (χ4n) is 5.20. The minimum atomic E-state index is -0.238. The Morgan fingerprint density at radius 3 is 2.58 bits per heavy atom. The van der Waals surface area contributed by atoms with Crippen LogP contribution in [-0.2, 0) is 25.7 Å². The van der Waals surface area contributed by atoms with Gasteiger partial charge >= 0.3 is 0 Å². The van der Waals surface area contributed by atoms with E-state index in [9.17, 15) is 14.4 Å². The lowest BCUT2D eigenvalue weighted by Gasteiger charge is -2.39. The quantitative estimate of drug-likeness (QED) is 0.581. The van der Waals surface area contributed by atoms with Crippen LogP contribution in [0.4, 0.5) is 0 Å². The Labute approximate surface area is 213 Å². The van der Waals surface area contributed by atoms with Crippen LogP contribution >= 0.6 is 0 Å². The fourth-order valence-corrected chi connectivity index (χ4v) is 5.20. The molecule has 0 N–H and O–H groups in total. The first kappa shape index (κ1) is 26.2. The number of methoxy groups -OCH3 is 1. The zero-order valence-electron chi connectivity index (χ0n) is 21.4.